The first-order chi connectivity index (χ1) is 15.6. The fourth-order valence-electron chi connectivity index (χ4n) is 3.24. The van der Waals surface area contributed by atoms with E-state index in [-0.39, 0.29) is 12.3 Å². The van der Waals surface area contributed by atoms with Gasteiger partial charge in [-0.25, -0.2) is 9.97 Å². The molecule has 0 saturated heterocycles. The summed E-state index contributed by atoms with van der Waals surface area (Å²) in [5.74, 6) is 1.92. The fraction of sp³-hybridized carbons (Fsp3) is 0.0417. The summed E-state index contributed by atoms with van der Waals surface area (Å²) in [4.78, 5) is 24.3. The molecule has 3 aromatic carbocycles. The highest BCUT2D eigenvalue weighted by Gasteiger charge is 2.10. The minimum absolute atomic E-state index is 0.104. The Morgan fingerprint density at radius 1 is 1.09 bits per heavy atom. The monoisotopic (exact) mass is 460 g/mol. The summed E-state index contributed by atoms with van der Waals surface area (Å²) in [6.45, 7) is 0. The lowest BCUT2D eigenvalue weighted by molar-refractivity contribution is -0.115. The molecule has 8 heteroatoms. The molecule has 0 fully saturated rings. The van der Waals surface area contributed by atoms with Gasteiger partial charge in [0, 0.05) is 22.8 Å². The molecular formula is C24H17ClN4O2S. The Morgan fingerprint density at radius 2 is 1.94 bits per heavy atom. The van der Waals surface area contributed by atoms with E-state index in [1.807, 2.05) is 66.0 Å². The van der Waals surface area contributed by atoms with E-state index in [2.05, 4.69) is 20.3 Å². The van der Waals surface area contributed by atoms with E-state index in [1.165, 1.54) is 11.3 Å². The van der Waals surface area contributed by atoms with Crippen LogP contribution < -0.4 is 10.1 Å². The fourth-order valence-corrected chi connectivity index (χ4v) is 4.03. The van der Waals surface area contributed by atoms with E-state index in [9.17, 15) is 4.79 Å². The number of hydrogen-bond acceptors (Lipinski definition) is 5. The lowest BCUT2D eigenvalue weighted by Gasteiger charge is -2.07. The zero-order chi connectivity index (χ0) is 21.9. The SMILES string of the molecule is O=C(Cc1nccs1)Nc1ccc2nc(-c3ccc(Oc4ccccc4Cl)cc3)[nH]c2c1. The third-order valence-corrected chi connectivity index (χ3v) is 5.84. The number of halogens is 1. The molecule has 0 unspecified atom stereocenters. The molecular weight excluding hydrogens is 444 g/mol. The summed E-state index contributed by atoms with van der Waals surface area (Å²) in [6.07, 6.45) is 1.95. The van der Waals surface area contributed by atoms with Crippen LogP contribution in [0.5, 0.6) is 11.5 Å². The molecule has 5 aromatic rings. The van der Waals surface area contributed by atoms with Gasteiger partial charge < -0.3 is 15.0 Å². The minimum atomic E-state index is -0.104. The maximum atomic E-state index is 12.2. The van der Waals surface area contributed by atoms with Crippen LogP contribution in [0.15, 0.2) is 78.3 Å². The van der Waals surface area contributed by atoms with Crippen molar-refractivity contribution in [1.29, 1.82) is 0 Å². The topological polar surface area (TPSA) is 79.9 Å². The Kier molecular flexibility index (Phi) is 5.58. The molecule has 0 atom stereocenters. The quantitative estimate of drug-likeness (QED) is 0.311. The van der Waals surface area contributed by atoms with Crippen LogP contribution in [0.25, 0.3) is 22.4 Å². The zero-order valence-corrected chi connectivity index (χ0v) is 18.3. The second-order valence-corrected chi connectivity index (χ2v) is 8.41. The highest BCUT2D eigenvalue weighted by atomic mass is 35.5. The van der Waals surface area contributed by atoms with Crippen LogP contribution in [0.4, 0.5) is 5.69 Å². The molecule has 6 nitrogen and oxygen atoms in total. The molecule has 2 aromatic heterocycles. The summed E-state index contributed by atoms with van der Waals surface area (Å²) in [7, 11) is 0. The molecule has 0 bridgehead atoms. The van der Waals surface area contributed by atoms with E-state index in [4.69, 9.17) is 16.3 Å². The summed E-state index contributed by atoms with van der Waals surface area (Å²) in [5.41, 5.74) is 3.28. The van der Waals surface area contributed by atoms with Crippen LogP contribution in [0, 0.1) is 0 Å². The van der Waals surface area contributed by atoms with Crippen molar-refractivity contribution in [2.75, 3.05) is 5.32 Å². The zero-order valence-electron chi connectivity index (χ0n) is 16.7. The normalized spacial score (nSPS) is 10.9. The number of carbonyl (C=O) groups excluding carboxylic acids is 1. The Hall–Kier alpha value is -3.68. The number of nitrogens with zero attached hydrogens (tertiary/aromatic N) is 2. The molecule has 0 aliphatic carbocycles. The molecule has 0 aliphatic heterocycles. The number of nitrogens with one attached hydrogen (secondary N) is 2. The first-order valence-corrected chi connectivity index (χ1v) is 11.1. The van der Waals surface area contributed by atoms with Crippen molar-refractivity contribution in [2.45, 2.75) is 6.42 Å². The number of thiazole rings is 1. The van der Waals surface area contributed by atoms with Crippen molar-refractivity contribution in [3.63, 3.8) is 0 Å². The van der Waals surface area contributed by atoms with Gasteiger partial charge in [0.05, 0.1) is 22.5 Å². The number of anilines is 1. The van der Waals surface area contributed by atoms with Gasteiger partial charge in [-0.1, -0.05) is 23.7 Å². The molecule has 158 valence electrons. The third kappa shape index (κ3) is 4.49. The van der Waals surface area contributed by atoms with Gasteiger partial charge in [-0.15, -0.1) is 11.3 Å². The van der Waals surface area contributed by atoms with Crippen LogP contribution in [0.2, 0.25) is 5.02 Å². The van der Waals surface area contributed by atoms with Crippen molar-refractivity contribution in [1.82, 2.24) is 15.0 Å². The van der Waals surface area contributed by atoms with E-state index in [0.717, 1.165) is 27.4 Å². The van der Waals surface area contributed by atoms with Gasteiger partial charge in [-0.3, -0.25) is 4.79 Å². The highest BCUT2D eigenvalue weighted by Crippen LogP contribution is 2.30. The molecule has 0 radical (unpaired) electrons. The third-order valence-electron chi connectivity index (χ3n) is 4.75. The molecule has 0 aliphatic rings. The van der Waals surface area contributed by atoms with Gasteiger partial charge in [-0.2, -0.15) is 0 Å². The summed E-state index contributed by atoms with van der Waals surface area (Å²) in [6, 6.07) is 20.5. The summed E-state index contributed by atoms with van der Waals surface area (Å²) in [5, 5.41) is 6.11. The lowest BCUT2D eigenvalue weighted by atomic mass is 10.2. The van der Waals surface area contributed by atoms with Crippen molar-refractivity contribution in [2.24, 2.45) is 0 Å². The van der Waals surface area contributed by atoms with E-state index < -0.39 is 0 Å². The highest BCUT2D eigenvalue weighted by molar-refractivity contribution is 7.09. The number of imidazole rings is 1. The lowest BCUT2D eigenvalue weighted by Crippen LogP contribution is -2.14. The Labute approximate surface area is 192 Å². The number of aromatic nitrogens is 3. The average molecular weight is 461 g/mol. The molecule has 0 saturated carbocycles. The maximum absolute atomic E-state index is 12.2. The van der Waals surface area contributed by atoms with Crippen LogP contribution in [0.1, 0.15) is 5.01 Å². The van der Waals surface area contributed by atoms with Gasteiger partial charge >= 0.3 is 0 Å². The minimum Gasteiger partial charge on any atom is -0.456 e. The standard InChI is InChI=1S/C24H17ClN4O2S/c25-18-3-1-2-4-21(18)31-17-8-5-15(6-9-17)24-28-19-10-7-16(13-20(19)29-24)27-22(30)14-23-26-11-12-32-23/h1-13H,14H2,(H,27,30)(H,28,29). The summed E-state index contributed by atoms with van der Waals surface area (Å²) >= 11 is 7.62. The number of carbonyl (C=O) groups is 1. The number of rotatable bonds is 6. The number of H-pyrrole nitrogens is 1. The van der Waals surface area contributed by atoms with Crippen LogP contribution >= 0.6 is 22.9 Å². The predicted molar refractivity (Wildman–Crippen MR) is 128 cm³/mol. The molecule has 2 heterocycles. The largest absolute Gasteiger partial charge is 0.456 e. The van der Waals surface area contributed by atoms with Gasteiger partial charge in [0.15, 0.2) is 0 Å². The first kappa shape index (κ1) is 20.2. The summed E-state index contributed by atoms with van der Waals surface area (Å²) < 4.78 is 5.84. The number of para-hydroxylation sites is 1. The number of hydrogen-bond donors (Lipinski definition) is 2. The van der Waals surface area contributed by atoms with Gasteiger partial charge in [0.1, 0.15) is 22.3 Å². The molecule has 1 amide bonds. The van der Waals surface area contributed by atoms with Crippen molar-refractivity contribution >= 4 is 45.6 Å². The van der Waals surface area contributed by atoms with Gasteiger partial charge in [-0.05, 0) is 54.6 Å². The van der Waals surface area contributed by atoms with E-state index in [0.29, 0.717) is 22.2 Å². The first-order valence-electron chi connectivity index (χ1n) is 9.85. The van der Waals surface area contributed by atoms with Gasteiger partial charge in [0.25, 0.3) is 0 Å². The number of aromatic amines is 1. The number of benzene rings is 3. The van der Waals surface area contributed by atoms with Crippen LogP contribution in [-0.2, 0) is 11.2 Å². The number of fused-ring (bicyclic) bond motifs is 1. The second kappa shape index (κ2) is 8.82. The number of ether oxygens (including phenoxy) is 1. The van der Waals surface area contributed by atoms with Crippen LogP contribution in [-0.4, -0.2) is 20.9 Å². The van der Waals surface area contributed by atoms with E-state index in [1.54, 1.807) is 12.3 Å². The Balaban J connectivity index is 1.31. The Morgan fingerprint density at radius 3 is 2.72 bits per heavy atom. The molecule has 2 N–H and O–H groups in total. The van der Waals surface area contributed by atoms with Crippen molar-refractivity contribution in [3.05, 3.63) is 88.3 Å². The van der Waals surface area contributed by atoms with Crippen LogP contribution in [0.3, 0.4) is 0 Å². The van der Waals surface area contributed by atoms with Gasteiger partial charge in [0.2, 0.25) is 5.91 Å². The number of amides is 1. The maximum Gasteiger partial charge on any atom is 0.231 e. The molecule has 32 heavy (non-hydrogen) atoms. The van der Waals surface area contributed by atoms with Crippen molar-refractivity contribution in [3.8, 4) is 22.9 Å². The predicted octanol–water partition coefficient (Wildman–Crippen LogP) is 6.31. The Bertz CT molecular complexity index is 1380. The second-order valence-electron chi connectivity index (χ2n) is 7.02. The van der Waals surface area contributed by atoms with E-state index >= 15 is 0 Å². The molecule has 0 spiro atoms. The van der Waals surface area contributed by atoms with Crippen molar-refractivity contribution < 1.29 is 9.53 Å². The smallest absolute Gasteiger partial charge is 0.231 e. The average Bonchev–Trinajstić information content (AvgIpc) is 3.45. The molecule has 5 rings (SSSR count).